The number of nitrogens with one attached hydrogen (secondary N) is 2. The van der Waals surface area contributed by atoms with E-state index in [0.29, 0.717) is 17.2 Å². The van der Waals surface area contributed by atoms with Gasteiger partial charge in [-0.3, -0.25) is 9.13 Å². The molecule has 12 nitrogen and oxygen atoms in total. The molecule has 6 N–H and O–H groups in total. The lowest BCUT2D eigenvalue weighted by atomic mass is 9.93. The molecular weight excluding hydrogens is 487 g/mol. The number of fused-ring (bicyclic) bond motifs is 2. The van der Waals surface area contributed by atoms with E-state index in [4.69, 9.17) is 26.1 Å². The number of aliphatic hydroxyl groups is 2. The molecule has 3 aromatic heterocycles. The third kappa shape index (κ3) is 4.41. The molecule has 2 unspecified atom stereocenters. The number of hydrogen-bond acceptors (Lipinski definition) is 8. The number of para-hydroxylation sites is 1. The Morgan fingerprint density at radius 2 is 2.12 bits per heavy atom. The lowest BCUT2D eigenvalue weighted by Crippen LogP contribution is -2.42. The predicted molar refractivity (Wildman–Crippen MR) is 124 cm³/mol. The Bertz CT molecular complexity index is 1370. The molecule has 5 rings (SSSR count). The summed E-state index contributed by atoms with van der Waals surface area (Å²) in [5, 5.41) is 25.7. The highest BCUT2D eigenvalue weighted by molar-refractivity contribution is 7.51. The maximum Gasteiger partial charge on any atom is 0.325 e. The molecule has 0 saturated carbocycles. The summed E-state index contributed by atoms with van der Waals surface area (Å²) in [6.07, 6.45) is -1.44. The summed E-state index contributed by atoms with van der Waals surface area (Å²) < 4.78 is 18.2. The van der Waals surface area contributed by atoms with Crippen LogP contribution >= 0.6 is 19.2 Å². The first-order valence-electron chi connectivity index (χ1n) is 10.4. The number of H-pyrrole nitrogens is 1. The van der Waals surface area contributed by atoms with Gasteiger partial charge in [-0.2, -0.15) is 9.97 Å². The molecule has 4 aromatic rings. The monoisotopic (exact) mass is 508 g/mol. The van der Waals surface area contributed by atoms with Crippen LogP contribution in [0.15, 0.2) is 36.7 Å². The van der Waals surface area contributed by atoms with Gasteiger partial charge in [-0.25, -0.2) is 4.98 Å². The molecule has 1 aliphatic heterocycles. The van der Waals surface area contributed by atoms with Gasteiger partial charge in [-0.1, -0.05) is 18.2 Å². The molecule has 3 atom stereocenters. The Morgan fingerprint density at radius 1 is 1.32 bits per heavy atom. The summed E-state index contributed by atoms with van der Waals surface area (Å²) in [7, 11) is -4.21. The Balaban J connectivity index is 1.42. The van der Waals surface area contributed by atoms with E-state index in [-0.39, 0.29) is 30.4 Å². The predicted octanol–water partition coefficient (Wildman–Crippen LogP) is 2.28. The summed E-state index contributed by atoms with van der Waals surface area (Å²) in [6.45, 7) is -0.224. The van der Waals surface area contributed by atoms with Gasteiger partial charge < -0.3 is 35.0 Å². The van der Waals surface area contributed by atoms with Gasteiger partial charge in [0.1, 0.15) is 17.5 Å². The molecule has 0 spiro atoms. The number of ether oxygens (including phenoxy) is 1. The van der Waals surface area contributed by atoms with Crippen LogP contribution in [0, 0.1) is 0 Å². The van der Waals surface area contributed by atoms with Crippen LogP contribution in [0.1, 0.15) is 19.1 Å². The molecule has 4 heterocycles. The number of benzene rings is 1. The first-order valence-corrected chi connectivity index (χ1v) is 12.6. The first-order chi connectivity index (χ1) is 16.1. The highest BCUT2D eigenvalue weighted by Crippen LogP contribution is 2.40. The lowest BCUT2D eigenvalue weighted by Gasteiger charge is -2.26. The highest BCUT2D eigenvalue weighted by atomic mass is 35.5. The largest absolute Gasteiger partial charge is 0.385 e. The fourth-order valence-electron chi connectivity index (χ4n) is 4.15. The number of aromatic nitrogens is 5. The SMILES string of the molecule is O=P(O)(O)CCCC1(O)CO[C@@H](n2cnc3c(Nc4cc5ccccc5[nH]4)nc(Cl)nc32)C1O. The fourth-order valence-corrected chi connectivity index (χ4v) is 4.88. The Labute approximate surface area is 197 Å². The van der Waals surface area contributed by atoms with Crippen molar-refractivity contribution < 1.29 is 29.3 Å². The van der Waals surface area contributed by atoms with E-state index in [1.54, 1.807) is 0 Å². The number of nitrogens with zero attached hydrogens (tertiary/aromatic N) is 4. The van der Waals surface area contributed by atoms with Gasteiger partial charge in [0.25, 0.3) is 0 Å². The minimum absolute atomic E-state index is 0.0190. The van der Waals surface area contributed by atoms with E-state index >= 15 is 0 Å². The number of aliphatic hydroxyl groups excluding tert-OH is 1. The summed E-state index contributed by atoms with van der Waals surface area (Å²) in [5.74, 6) is 1.01. The van der Waals surface area contributed by atoms with Crippen molar-refractivity contribution in [3.8, 4) is 0 Å². The molecule has 14 heteroatoms. The van der Waals surface area contributed by atoms with E-state index in [0.717, 1.165) is 10.9 Å². The van der Waals surface area contributed by atoms with Crippen molar-refractivity contribution in [3.63, 3.8) is 0 Å². The minimum Gasteiger partial charge on any atom is -0.385 e. The number of hydrogen-bond donors (Lipinski definition) is 6. The van der Waals surface area contributed by atoms with Crippen LogP contribution in [0.5, 0.6) is 0 Å². The topological polar surface area (TPSA) is 179 Å². The van der Waals surface area contributed by atoms with Crippen molar-refractivity contribution in [2.75, 3.05) is 18.1 Å². The molecule has 34 heavy (non-hydrogen) atoms. The number of rotatable bonds is 7. The summed E-state index contributed by atoms with van der Waals surface area (Å²) in [4.78, 5) is 34.2. The van der Waals surface area contributed by atoms with E-state index in [2.05, 4.69) is 25.3 Å². The maximum absolute atomic E-state index is 11.1. The Kier molecular flexibility index (Phi) is 5.85. The van der Waals surface area contributed by atoms with Crippen LogP contribution in [0.3, 0.4) is 0 Å². The lowest BCUT2D eigenvalue weighted by molar-refractivity contribution is -0.0648. The van der Waals surface area contributed by atoms with Crippen LogP contribution < -0.4 is 5.32 Å². The first kappa shape index (κ1) is 23.2. The van der Waals surface area contributed by atoms with Crippen molar-refractivity contribution in [3.05, 3.63) is 41.9 Å². The van der Waals surface area contributed by atoms with Gasteiger partial charge in [0.05, 0.1) is 12.9 Å². The van der Waals surface area contributed by atoms with Crippen molar-refractivity contribution in [2.24, 2.45) is 0 Å². The average molecular weight is 509 g/mol. The van der Waals surface area contributed by atoms with Crippen molar-refractivity contribution >= 4 is 52.9 Å². The standard InChI is InChI=1S/C20H22ClN6O6P/c21-19-25-16(24-13-8-11-4-1-2-5-12(11)23-13)14-17(26-19)27(10-22-14)18-15(28)20(29,9-33-18)6-3-7-34(30,31)32/h1-2,4-5,8,10,15,18,23,28-29H,3,6-7,9H2,(H,24,25,26)(H2,30,31,32)/t15?,18-,20?/m1/s1. The average Bonchev–Trinajstić information content (AvgIpc) is 3.43. The Morgan fingerprint density at radius 3 is 2.88 bits per heavy atom. The van der Waals surface area contributed by atoms with Crippen molar-refractivity contribution in [1.82, 2.24) is 24.5 Å². The third-order valence-electron chi connectivity index (χ3n) is 5.84. The molecule has 0 aliphatic carbocycles. The quantitative estimate of drug-likeness (QED) is 0.160. The zero-order valence-corrected chi connectivity index (χ0v) is 19.3. The van der Waals surface area contributed by atoms with Gasteiger partial charge >= 0.3 is 7.60 Å². The van der Waals surface area contributed by atoms with E-state index in [9.17, 15) is 14.8 Å². The van der Waals surface area contributed by atoms with Gasteiger partial charge in [0.15, 0.2) is 23.2 Å². The van der Waals surface area contributed by atoms with E-state index < -0.39 is 31.7 Å². The molecule has 1 aliphatic rings. The zero-order chi connectivity index (χ0) is 24.1. The van der Waals surface area contributed by atoms with Gasteiger partial charge in [0.2, 0.25) is 5.28 Å². The second-order valence-electron chi connectivity index (χ2n) is 8.30. The second-order valence-corrected chi connectivity index (χ2v) is 10.4. The van der Waals surface area contributed by atoms with Crippen LogP contribution in [0.25, 0.3) is 22.1 Å². The van der Waals surface area contributed by atoms with Gasteiger partial charge in [-0.15, -0.1) is 0 Å². The normalized spacial score (nSPS) is 23.2. The molecule has 0 amide bonds. The number of imidazole rings is 1. The number of halogens is 1. The van der Waals surface area contributed by atoms with Crippen molar-refractivity contribution in [2.45, 2.75) is 30.8 Å². The molecular formula is C20H22ClN6O6P. The maximum atomic E-state index is 11.1. The van der Waals surface area contributed by atoms with Crippen molar-refractivity contribution in [1.29, 1.82) is 0 Å². The van der Waals surface area contributed by atoms with Crippen LogP contribution in [-0.2, 0) is 9.30 Å². The third-order valence-corrected chi connectivity index (χ3v) is 6.90. The molecule has 1 fully saturated rings. The minimum atomic E-state index is -4.21. The highest BCUT2D eigenvalue weighted by Gasteiger charge is 2.49. The van der Waals surface area contributed by atoms with Crippen LogP contribution in [-0.4, -0.2) is 69.0 Å². The number of aromatic amines is 1. The molecule has 0 bridgehead atoms. The number of anilines is 2. The van der Waals surface area contributed by atoms with Crippen LogP contribution in [0.2, 0.25) is 5.28 Å². The summed E-state index contributed by atoms with van der Waals surface area (Å²) in [5.41, 5.74) is -0.0936. The van der Waals surface area contributed by atoms with E-state index in [1.807, 2.05) is 30.3 Å². The summed E-state index contributed by atoms with van der Waals surface area (Å²) >= 11 is 6.17. The Hall–Kier alpha value is -2.57. The van der Waals surface area contributed by atoms with Crippen LogP contribution in [0.4, 0.5) is 11.6 Å². The fraction of sp³-hybridized carbons (Fsp3) is 0.350. The molecule has 1 aromatic carbocycles. The molecule has 0 radical (unpaired) electrons. The van der Waals surface area contributed by atoms with Gasteiger partial charge in [-0.05, 0) is 36.6 Å². The smallest absolute Gasteiger partial charge is 0.325 e. The zero-order valence-electron chi connectivity index (χ0n) is 17.7. The summed E-state index contributed by atoms with van der Waals surface area (Å²) in [6, 6.07) is 9.67. The van der Waals surface area contributed by atoms with E-state index in [1.165, 1.54) is 10.9 Å². The molecule has 1 saturated heterocycles. The second kappa shape index (κ2) is 8.58. The molecule has 180 valence electrons. The van der Waals surface area contributed by atoms with Gasteiger partial charge in [0, 0.05) is 17.1 Å².